The number of urea groups is 1. The Morgan fingerprint density at radius 1 is 1.03 bits per heavy atom. The standard InChI is InChI=1S/C26H34N2O4/c29-23(30)14-20-15-26(32-22-4-2-1-3-21(20)22)5-7-28(8-6-26)25(31)27-24-18-10-16-9-17(12-18)13-19(24)11-16/h1-4,16-20,24H,5-15H2,(H,27,31)(H,29,30). The van der Waals surface area contributed by atoms with Crippen LogP contribution in [-0.4, -0.2) is 46.7 Å². The first-order valence-electron chi connectivity index (χ1n) is 12.5. The zero-order valence-electron chi connectivity index (χ0n) is 18.7. The molecule has 1 aromatic carbocycles. The molecule has 32 heavy (non-hydrogen) atoms. The molecule has 4 aliphatic carbocycles. The third-order valence-corrected chi connectivity index (χ3v) is 9.20. The van der Waals surface area contributed by atoms with E-state index in [4.69, 9.17) is 4.74 Å². The van der Waals surface area contributed by atoms with E-state index in [2.05, 4.69) is 5.32 Å². The van der Waals surface area contributed by atoms with Gasteiger partial charge < -0.3 is 20.1 Å². The predicted octanol–water partition coefficient (Wildman–Crippen LogP) is 4.40. The molecule has 1 spiro atoms. The number of carboxylic acids is 1. The normalized spacial score (nSPS) is 36.4. The molecule has 1 saturated heterocycles. The molecule has 2 heterocycles. The highest BCUT2D eigenvalue weighted by molar-refractivity contribution is 5.75. The highest BCUT2D eigenvalue weighted by atomic mass is 16.5. The Labute approximate surface area is 189 Å². The van der Waals surface area contributed by atoms with E-state index in [-0.39, 0.29) is 24.0 Å². The summed E-state index contributed by atoms with van der Waals surface area (Å²) in [5.41, 5.74) is 0.635. The number of piperidine rings is 1. The summed E-state index contributed by atoms with van der Waals surface area (Å²) in [4.78, 5) is 26.6. The van der Waals surface area contributed by atoms with Gasteiger partial charge in [-0.1, -0.05) is 18.2 Å². The van der Waals surface area contributed by atoms with Gasteiger partial charge in [0.05, 0.1) is 6.42 Å². The van der Waals surface area contributed by atoms with Gasteiger partial charge in [0.2, 0.25) is 0 Å². The van der Waals surface area contributed by atoms with Gasteiger partial charge >= 0.3 is 12.0 Å². The number of carbonyl (C=O) groups is 2. The Morgan fingerprint density at radius 2 is 1.69 bits per heavy atom. The fraction of sp³-hybridized carbons (Fsp3) is 0.692. The Kier molecular flexibility index (Phi) is 4.88. The van der Waals surface area contributed by atoms with Crippen LogP contribution in [0.2, 0.25) is 0 Å². The SMILES string of the molecule is O=C(O)CC1CC2(CCN(C(=O)NC3C4CC5CC(C4)CC3C5)CC2)Oc2ccccc21. The number of carboxylic acid groups (broad SMARTS) is 1. The van der Waals surface area contributed by atoms with Crippen LogP contribution in [0.15, 0.2) is 24.3 Å². The van der Waals surface area contributed by atoms with Gasteiger partial charge in [-0.15, -0.1) is 0 Å². The predicted molar refractivity (Wildman–Crippen MR) is 120 cm³/mol. The summed E-state index contributed by atoms with van der Waals surface area (Å²) in [5, 5.41) is 12.9. The van der Waals surface area contributed by atoms with Crippen LogP contribution in [0.5, 0.6) is 5.75 Å². The number of amides is 2. The fourth-order valence-corrected chi connectivity index (χ4v) is 7.96. The second-order valence-electron chi connectivity index (χ2n) is 11.2. The van der Waals surface area contributed by atoms with Gasteiger partial charge in [-0.2, -0.15) is 0 Å². The number of hydrogen-bond acceptors (Lipinski definition) is 3. The number of carbonyl (C=O) groups excluding carboxylic acids is 1. The number of benzene rings is 1. The van der Waals surface area contributed by atoms with Crippen LogP contribution in [0.25, 0.3) is 0 Å². The van der Waals surface area contributed by atoms with E-state index in [1.54, 1.807) is 0 Å². The largest absolute Gasteiger partial charge is 0.487 e. The molecule has 6 aliphatic rings. The van der Waals surface area contributed by atoms with Gasteiger partial charge in [-0.3, -0.25) is 4.79 Å². The number of aliphatic carboxylic acids is 1. The summed E-state index contributed by atoms with van der Waals surface area (Å²) >= 11 is 0. The van der Waals surface area contributed by atoms with Crippen LogP contribution in [0, 0.1) is 23.7 Å². The molecule has 6 nitrogen and oxygen atoms in total. The van der Waals surface area contributed by atoms with E-state index in [1.807, 2.05) is 29.2 Å². The number of nitrogens with zero attached hydrogens (tertiary/aromatic N) is 1. The number of hydrogen-bond donors (Lipinski definition) is 2. The van der Waals surface area contributed by atoms with E-state index < -0.39 is 5.97 Å². The average molecular weight is 439 g/mol. The van der Waals surface area contributed by atoms with Crippen molar-refractivity contribution in [1.82, 2.24) is 10.2 Å². The molecule has 5 fully saturated rings. The van der Waals surface area contributed by atoms with Gasteiger partial charge in [-0.25, -0.2) is 4.79 Å². The van der Waals surface area contributed by atoms with Crippen molar-refractivity contribution in [3.05, 3.63) is 29.8 Å². The molecule has 1 atom stereocenters. The highest BCUT2D eigenvalue weighted by Gasteiger charge is 2.49. The fourth-order valence-electron chi connectivity index (χ4n) is 7.96. The van der Waals surface area contributed by atoms with Crippen molar-refractivity contribution < 1.29 is 19.4 Å². The van der Waals surface area contributed by atoms with E-state index >= 15 is 0 Å². The lowest BCUT2D eigenvalue weighted by molar-refractivity contribution is -0.138. The monoisotopic (exact) mass is 438 g/mol. The summed E-state index contributed by atoms with van der Waals surface area (Å²) < 4.78 is 6.48. The quantitative estimate of drug-likeness (QED) is 0.733. The number of fused-ring (bicyclic) bond motifs is 1. The van der Waals surface area contributed by atoms with E-state index in [9.17, 15) is 14.7 Å². The molecule has 7 rings (SSSR count). The van der Waals surface area contributed by atoms with Gasteiger partial charge in [-0.05, 0) is 73.8 Å². The molecule has 4 saturated carbocycles. The van der Waals surface area contributed by atoms with Gasteiger partial charge in [0.15, 0.2) is 0 Å². The van der Waals surface area contributed by atoms with E-state index in [0.29, 0.717) is 37.4 Å². The molecule has 1 unspecified atom stereocenters. The molecular formula is C26H34N2O4. The molecule has 4 bridgehead atoms. The van der Waals surface area contributed by atoms with Gasteiger partial charge in [0.25, 0.3) is 0 Å². The number of nitrogens with one attached hydrogen (secondary N) is 1. The zero-order valence-corrected chi connectivity index (χ0v) is 18.7. The average Bonchev–Trinajstić information content (AvgIpc) is 2.76. The van der Waals surface area contributed by atoms with Crippen LogP contribution in [0.1, 0.15) is 69.3 Å². The molecule has 1 aromatic rings. The minimum atomic E-state index is -0.769. The molecular weight excluding hydrogens is 404 g/mol. The number of rotatable bonds is 3. The summed E-state index contributed by atoms with van der Waals surface area (Å²) in [6.45, 7) is 1.34. The maximum atomic E-state index is 13.2. The van der Waals surface area contributed by atoms with Crippen molar-refractivity contribution >= 4 is 12.0 Å². The second kappa shape index (κ2) is 7.67. The summed E-state index contributed by atoms with van der Waals surface area (Å²) in [6.07, 6.45) is 8.99. The summed E-state index contributed by atoms with van der Waals surface area (Å²) in [7, 11) is 0. The van der Waals surface area contributed by atoms with E-state index in [1.165, 1.54) is 32.1 Å². The van der Waals surface area contributed by atoms with Crippen molar-refractivity contribution in [2.45, 2.75) is 75.3 Å². The minimum Gasteiger partial charge on any atom is -0.487 e. The lowest BCUT2D eigenvalue weighted by Crippen LogP contribution is -2.60. The molecule has 0 aromatic heterocycles. The molecule has 172 valence electrons. The van der Waals surface area contributed by atoms with Crippen LogP contribution in [0.3, 0.4) is 0 Å². The third-order valence-electron chi connectivity index (χ3n) is 9.20. The van der Waals surface area contributed by atoms with Gasteiger partial charge in [0, 0.05) is 37.9 Å². The van der Waals surface area contributed by atoms with Gasteiger partial charge in [0.1, 0.15) is 11.4 Å². The Balaban J connectivity index is 1.11. The highest BCUT2D eigenvalue weighted by Crippen LogP contribution is 2.54. The molecule has 6 heteroatoms. The number of ether oxygens (including phenoxy) is 1. The first kappa shape index (κ1) is 20.4. The number of para-hydroxylation sites is 1. The Morgan fingerprint density at radius 3 is 2.34 bits per heavy atom. The van der Waals surface area contributed by atoms with Crippen LogP contribution in [-0.2, 0) is 4.79 Å². The lowest BCUT2D eigenvalue weighted by Gasteiger charge is -2.54. The second-order valence-corrected chi connectivity index (χ2v) is 11.2. The Hall–Kier alpha value is -2.24. The molecule has 0 radical (unpaired) electrons. The zero-order chi connectivity index (χ0) is 21.9. The van der Waals surface area contributed by atoms with Crippen molar-refractivity contribution in [2.75, 3.05) is 13.1 Å². The molecule has 2 N–H and O–H groups in total. The number of likely N-dealkylation sites (tertiary alicyclic amines) is 1. The van der Waals surface area contributed by atoms with Crippen LogP contribution in [0.4, 0.5) is 4.79 Å². The van der Waals surface area contributed by atoms with Crippen LogP contribution < -0.4 is 10.1 Å². The van der Waals surface area contributed by atoms with E-state index in [0.717, 1.165) is 36.0 Å². The summed E-state index contributed by atoms with van der Waals surface area (Å²) in [5.74, 6) is 3.19. The first-order chi connectivity index (χ1) is 15.5. The first-order valence-corrected chi connectivity index (χ1v) is 12.5. The molecule has 2 amide bonds. The minimum absolute atomic E-state index is 0.0362. The topological polar surface area (TPSA) is 78.9 Å². The lowest BCUT2D eigenvalue weighted by atomic mass is 9.54. The maximum Gasteiger partial charge on any atom is 0.317 e. The van der Waals surface area contributed by atoms with Crippen molar-refractivity contribution in [3.63, 3.8) is 0 Å². The maximum absolute atomic E-state index is 13.2. The third kappa shape index (κ3) is 3.56. The van der Waals surface area contributed by atoms with Crippen LogP contribution >= 0.6 is 0 Å². The summed E-state index contributed by atoms with van der Waals surface area (Å²) in [6, 6.07) is 8.30. The smallest absolute Gasteiger partial charge is 0.317 e. The molecule has 2 aliphatic heterocycles. The van der Waals surface area contributed by atoms with Crippen molar-refractivity contribution in [3.8, 4) is 5.75 Å². The Bertz CT molecular complexity index is 879. The van der Waals surface area contributed by atoms with Crippen molar-refractivity contribution in [1.29, 1.82) is 0 Å². The van der Waals surface area contributed by atoms with Crippen molar-refractivity contribution in [2.24, 2.45) is 23.7 Å².